The van der Waals surface area contributed by atoms with Gasteiger partial charge in [-0.15, -0.1) is 0 Å². The number of nitrogens with zero attached hydrogens (tertiary/aromatic N) is 2. The number of aromatic nitrogens is 1. The van der Waals surface area contributed by atoms with Gasteiger partial charge in [0.05, 0.1) is 6.04 Å². The lowest BCUT2D eigenvalue weighted by Crippen LogP contribution is -2.48. The van der Waals surface area contributed by atoms with Crippen LogP contribution >= 0.6 is 0 Å². The Morgan fingerprint density at radius 2 is 1.74 bits per heavy atom. The minimum absolute atomic E-state index is 0.0285. The number of hydrogen-bond acceptors (Lipinski definition) is 4. The molecule has 1 N–H and O–H groups in total. The number of benzene rings is 1. The van der Waals surface area contributed by atoms with Gasteiger partial charge in [-0.2, -0.15) is 26.3 Å². The molecule has 2 atom stereocenters. The Balaban J connectivity index is 2.05. The van der Waals surface area contributed by atoms with Gasteiger partial charge in [-0.05, 0) is 17.2 Å². The van der Waals surface area contributed by atoms with E-state index in [9.17, 15) is 41.0 Å². The van der Waals surface area contributed by atoms with Crippen LogP contribution in [0.2, 0.25) is 0 Å². The molecule has 0 saturated heterocycles. The minimum atomic E-state index is -4.83. The van der Waals surface area contributed by atoms with Gasteiger partial charge in [-0.1, -0.05) is 24.3 Å². The molecular formula is C19H14F6N2O4. The summed E-state index contributed by atoms with van der Waals surface area (Å²) in [6.07, 6.45) is -8.55. The summed E-state index contributed by atoms with van der Waals surface area (Å²) >= 11 is 0. The van der Waals surface area contributed by atoms with Crippen LogP contribution in [0.3, 0.4) is 0 Å². The van der Waals surface area contributed by atoms with E-state index in [1.165, 1.54) is 24.3 Å². The van der Waals surface area contributed by atoms with E-state index >= 15 is 0 Å². The zero-order valence-corrected chi connectivity index (χ0v) is 15.4. The summed E-state index contributed by atoms with van der Waals surface area (Å²) in [5.41, 5.74) is -0.242. The van der Waals surface area contributed by atoms with Crippen molar-refractivity contribution in [1.29, 1.82) is 0 Å². The van der Waals surface area contributed by atoms with Gasteiger partial charge >= 0.3 is 18.3 Å². The van der Waals surface area contributed by atoms with E-state index in [1.807, 2.05) is 0 Å². The summed E-state index contributed by atoms with van der Waals surface area (Å²) < 4.78 is 80.9. The molecule has 2 aromatic rings. The normalized spacial score (nSPS) is 19.2. The van der Waals surface area contributed by atoms with Crippen LogP contribution in [-0.2, 0) is 4.79 Å². The SMILES string of the molecule is O=C(O)[C@H]1c2ccccc2C(=O)N(CC(F)(F)F)[C@H]1c1ccc(OCC(F)(F)F)nc1. The number of carbonyl (C=O) groups excluding carboxylic acids is 1. The first kappa shape index (κ1) is 22.4. The first-order valence-corrected chi connectivity index (χ1v) is 8.72. The summed E-state index contributed by atoms with van der Waals surface area (Å²) in [6.45, 7) is -3.35. The van der Waals surface area contributed by atoms with Gasteiger partial charge in [0.2, 0.25) is 5.88 Å². The van der Waals surface area contributed by atoms with Crippen molar-refractivity contribution in [2.24, 2.45) is 0 Å². The maximum atomic E-state index is 13.2. The predicted octanol–water partition coefficient (Wildman–Crippen LogP) is 3.95. The van der Waals surface area contributed by atoms with Gasteiger partial charge in [-0.25, -0.2) is 4.98 Å². The molecule has 2 heterocycles. The number of aliphatic carboxylic acids is 1. The second-order valence-electron chi connectivity index (χ2n) is 6.73. The van der Waals surface area contributed by atoms with Crippen LogP contribution in [0, 0.1) is 0 Å². The van der Waals surface area contributed by atoms with E-state index in [0.29, 0.717) is 4.90 Å². The molecule has 1 aliphatic rings. The number of carbonyl (C=O) groups is 2. The Morgan fingerprint density at radius 3 is 2.29 bits per heavy atom. The quantitative estimate of drug-likeness (QED) is 0.701. The number of fused-ring (bicyclic) bond motifs is 1. The van der Waals surface area contributed by atoms with Crippen molar-refractivity contribution in [3.63, 3.8) is 0 Å². The fourth-order valence-corrected chi connectivity index (χ4v) is 3.41. The maximum Gasteiger partial charge on any atom is 0.422 e. The monoisotopic (exact) mass is 448 g/mol. The standard InChI is InChI=1S/C19H14F6N2O4/c20-18(21,22)8-27-15(10-5-6-13(26-7-10)31-9-19(23,24)25)14(17(29)30)11-3-1-2-4-12(11)16(27)28/h1-7,14-15H,8-9H2,(H,29,30)/t14-,15-/m0/s1. The molecule has 3 rings (SSSR count). The van der Waals surface area contributed by atoms with Crippen molar-refractivity contribution in [3.05, 3.63) is 59.3 Å². The number of carboxylic acid groups (broad SMARTS) is 1. The molecule has 31 heavy (non-hydrogen) atoms. The zero-order chi connectivity index (χ0) is 23.0. The van der Waals surface area contributed by atoms with Gasteiger partial charge in [-0.3, -0.25) is 9.59 Å². The summed E-state index contributed by atoms with van der Waals surface area (Å²) in [7, 11) is 0. The second-order valence-corrected chi connectivity index (χ2v) is 6.73. The van der Waals surface area contributed by atoms with E-state index in [1.54, 1.807) is 0 Å². The van der Waals surface area contributed by atoms with Gasteiger partial charge in [0.15, 0.2) is 6.61 Å². The Labute approximate surface area is 171 Å². The number of ether oxygens (including phenoxy) is 1. The first-order chi connectivity index (χ1) is 14.4. The summed E-state index contributed by atoms with van der Waals surface area (Å²) in [5, 5.41) is 9.76. The third kappa shape index (κ3) is 5.06. The van der Waals surface area contributed by atoms with E-state index in [-0.39, 0.29) is 16.7 Å². The molecule has 166 valence electrons. The lowest BCUT2D eigenvalue weighted by atomic mass is 9.80. The summed E-state index contributed by atoms with van der Waals surface area (Å²) in [4.78, 5) is 28.8. The van der Waals surface area contributed by atoms with Crippen LogP contribution < -0.4 is 4.74 Å². The average Bonchev–Trinajstić information content (AvgIpc) is 2.67. The molecule has 0 fully saturated rings. The number of pyridine rings is 1. The van der Waals surface area contributed by atoms with E-state index in [0.717, 1.165) is 18.3 Å². The van der Waals surface area contributed by atoms with Crippen molar-refractivity contribution in [2.45, 2.75) is 24.3 Å². The molecule has 6 nitrogen and oxygen atoms in total. The number of amides is 1. The highest BCUT2D eigenvalue weighted by molar-refractivity contribution is 6.00. The average molecular weight is 448 g/mol. The molecule has 0 unspecified atom stereocenters. The van der Waals surface area contributed by atoms with Gasteiger partial charge in [0, 0.05) is 17.8 Å². The fourth-order valence-electron chi connectivity index (χ4n) is 3.41. The number of alkyl halides is 6. The second kappa shape index (κ2) is 8.08. The van der Waals surface area contributed by atoms with Gasteiger partial charge in [0.1, 0.15) is 12.5 Å². The van der Waals surface area contributed by atoms with Crippen LogP contribution in [0.25, 0.3) is 0 Å². The fraction of sp³-hybridized carbons (Fsp3) is 0.316. The Morgan fingerprint density at radius 1 is 1.06 bits per heavy atom. The molecule has 0 radical (unpaired) electrons. The van der Waals surface area contributed by atoms with Crippen molar-refractivity contribution < 1.29 is 45.8 Å². The summed E-state index contributed by atoms with van der Waals surface area (Å²) in [5.74, 6) is -4.51. The maximum absolute atomic E-state index is 13.2. The van der Waals surface area contributed by atoms with Crippen molar-refractivity contribution >= 4 is 11.9 Å². The minimum Gasteiger partial charge on any atom is -0.481 e. The molecular weight excluding hydrogens is 434 g/mol. The van der Waals surface area contributed by atoms with Crippen LogP contribution in [0.1, 0.15) is 33.4 Å². The predicted molar refractivity (Wildman–Crippen MR) is 92.4 cm³/mol. The van der Waals surface area contributed by atoms with E-state index in [2.05, 4.69) is 9.72 Å². The third-order valence-electron chi connectivity index (χ3n) is 4.54. The first-order valence-electron chi connectivity index (χ1n) is 8.72. The van der Waals surface area contributed by atoms with Crippen LogP contribution in [0.4, 0.5) is 26.3 Å². The topological polar surface area (TPSA) is 79.7 Å². The molecule has 1 aliphatic heterocycles. The molecule has 1 aromatic carbocycles. The summed E-state index contributed by atoms with van der Waals surface area (Å²) in [6, 6.07) is 5.88. The molecule has 0 saturated carbocycles. The number of halogens is 6. The smallest absolute Gasteiger partial charge is 0.422 e. The van der Waals surface area contributed by atoms with Crippen molar-refractivity contribution in [1.82, 2.24) is 9.88 Å². The third-order valence-corrected chi connectivity index (χ3v) is 4.54. The number of hydrogen-bond donors (Lipinski definition) is 1. The highest BCUT2D eigenvalue weighted by Gasteiger charge is 2.48. The lowest BCUT2D eigenvalue weighted by Gasteiger charge is -2.40. The van der Waals surface area contributed by atoms with E-state index < -0.39 is 55.2 Å². The Bertz CT molecular complexity index is 975. The molecule has 0 spiro atoms. The zero-order valence-electron chi connectivity index (χ0n) is 15.4. The number of carboxylic acids is 1. The van der Waals surface area contributed by atoms with Crippen LogP contribution in [0.15, 0.2) is 42.6 Å². The van der Waals surface area contributed by atoms with Gasteiger partial charge < -0.3 is 14.7 Å². The lowest BCUT2D eigenvalue weighted by molar-refractivity contribution is -0.154. The highest BCUT2D eigenvalue weighted by Crippen LogP contribution is 2.44. The largest absolute Gasteiger partial charge is 0.481 e. The van der Waals surface area contributed by atoms with Crippen LogP contribution in [-0.4, -0.2) is 52.4 Å². The molecule has 1 aromatic heterocycles. The van der Waals surface area contributed by atoms with Crippen LogP contribution in [0.5, 0.6) is 5.88 Å². The molecule has 0 aliphatic carbocycles. The van der Waals surface area contributed by atoms with Crippen molar-refractivity contribution in [3.8, 4) is 5.88 Å². The van der Waals surface area contributed by atoms with Gasteiger partial charge in [0.25, 0.3) is 5.91 Å². The van der Waals surface area contributed by atoms with E-state index in [4.69, 9.17) is 0 Å². The molecule has 0 bridgehead atoms. The van der Waals surface area contributed by atoms with Crippen molar-refractivity contribution in [2.75, 3.05) is 13.2 Å². The molecule has 12 heteroatoms. The Kier molecular flexibility index (Phi) is 5.83. The Hall–Kier alpha value is -3.31. The highest BCUT2D eigenvalue weighted by atomic mass is 19.4. The number of rotatable bonds is 5. The molecule has 1 amide bonds.